The van der Waals surface area contributed by atoms with Crippen molar-refractivity contribution in [2.45, 2.75) is 45.7 Å². The molecule has 5 nitrogen and oxygen atoms in total. The molecule has 1 fully saturated rings. The Bertz CT molecular complexity index is 478. The number of piperidine rings is 1. The summed E-state index contributed by atoms with van der Waals surface area (Å²) in [6, 6.07) is 5.43. The van der Waals surface area contributed by atoms with E-state index in [-0.39, 0.29) is 0 Å². The summed E-state index contributed by atoms with van der Waals surface area (Å²) in [6.45, 7) is 11.5. The van der Waals surface area contributed by atoms with Crippen molar-refractivity contribution in [2.24, 2.45) is 4.99 Å². The fourth-order valence-electron chi connectivity index (χ4n) is 2.79. The van der Waals surface area contributed by atoms with Crippen LogP contribution in [0.3, 0.4) is 0 Å². The summed E-state index contributed by atoms with van der Waals surface area (Å²) >= 11 is 1.83. The van der Waals surface area contributed by atoms with Gasteiger partial charge in [0.2, 0.25) is 0 Å². The summed E-state index contributed by atoms with van der Waals surface area (Å²) < 4.78 is 0. The molecule has 0 amide bonds. The number of thiophene rings is 1. The summed E-state index contributed by atoms with van der Waals surface area (Å²) in [5.41, 5.74) is 0. The van der Waals surface area contributed by atoms with E-state index >= 15 is 0 Å². The molecule has 1 saturated heterocycles. The molecule has 0 bridgehead atoms. The maximum absolute atomic E-state index is 4.74. The minimum Gasteiger partial charge on any atom is -0.363 e. The second-order valence-corrected chi connectivity index (χ2v) is 7.62. The minimum atomic E-state index is 0.516. The summed E-state index contributed by atoms with van der Waals surface area (Å²) in [5.74, 6) is 0.962. The van der Waals surface area contributed by atoms with Gasteiger partial charge in [-0.2, -0.15) is 0 Å². The zero-order valence-electron chi connectivity index (χ0n) is 15.6. The van der Waals surface area contributed by atoms with Crippen molar-refractivity contribution in [2.75, 3.05) is 44.7 Å². The Morgan fingerprint density at radius 3 is 2.75 bits per heavy atom. The van der Waals surface area contributed by atoms with Crippen molar-refractivity contribution in [1.29, 1.82) is 0 Å². The summed E-state index contributed by atoms with van der Waals surface area (Å²) in [4.78, 5) is 9.56. The Balaban J connectivity index is 1.78. The van der Waals surface area contributed by atoms with Gasteiger partial charge in [-0.05, 0) is 58.2 Å². The molecule has 136 valence electrons. The van der Waals surface area contributed by atoms with Gasteiger partial charge in [0, 0.05) is 38.3 Å². The molecule has 6 heteroatoms. The molecule has 0 saturated carbocycles. The zero-order valence-corrected chi connectivity index (χ0v) is 16.4. The summed E-state index contributed by atoms with van der Waals surface area (Å²) in [5, 5.41) is 10.6. The molecule has 2 rings (SSSR count). The average molecular weight is 352 g/mol. The summed E-state index contributed by atoms with van der Waals surface area (Å²) in [6.07, 6.45) is 2.32. The Kier molecular flexibility index (Phi) is 7.85. The lowest BCUT2D eigenvalue weighted by Gasteiger charge is -2.33. The second kappa shape index (κ2) is 9.89. The van der Waals surface area contributed by atoms with Crippen LogP contribution >= 0.6 is 11.3 Å². The van der Waals surface area contributed by atoms with E-state index in [9.17, 15) is 0 Å². The Morgan fingerprint density at radius 2 is 2.17 bits per heavy atom. The van der Waals surface area contributed by atoms with Gasteiger partial charge in [-0.15, -0.1) is 11.3 Å². The van der Waals surface area contributed by atoms with E-state index in [4.69, 9.17) is 4.99 Å². The van der Waals surface area contributed by atoms with Gasteiger partial charge >= 0.3 is 0 Å². The van der Waals surface area contributed by atoms with E-state index in [1.54, 1.807) is 0 Å². The third kappa shape index (κ3) is 5.98. The SMILES string of the molecule is CCNC(=NCCN(C)C(C)C)NC1CCN(c2cccs2)CC1. The van der Waals surface area contributed by atoms with Crippen LogP contribution < -0.4 is 15.5 Å². The number of nitrogens with zero attached hydrogens (tertiary/aromatic N) is 3. The maximum Gasteiger partial charge on any atom is 0.191 e. The minimum absolute atomic E-state index is 0.516. The molecule has 1 aliphatic heterocycles. The van der Waals surface area contributed by atoms with Crippen LogP contribution in [-0.4, -0.2) is 62.7 Å². The number of hydrogen-bond donors (Lipinski definition) is 2. The van der Waals surface area contributed by atoms with Crippen LogP contribution in [0.25, 0.3) is 0 Å². The zero-order chi connectivity index (χ0) is 17.4. The molecule has 2 heterocycles. The first-order valence-corrected chi connectivity index (χ1v) is 10.0. The van der Waals surface area contributed by atoms with Gasteiger partial charge in [0.1, 0.15) is 0 Å². The number of hydrogen-bond acceptors (Lipinski definition) is 4. The van der Waals surface area contributed by atoms with E-state index < -0.39 is 0 Å². The highest BCUT2D eigenvalue weighted by atomic mass is 32.1. The Hall–Kier alpha value is -1.27. The largest absolute Gasteiger partial charge is 0.363 e. The highest BCUT2D eigenvalue weighted by Gasteiger charge is 2.20. The van der Waals surface area contributed by atoms with E-state index in [1.807, 2.05) is 11.3 Å². The highest BCUT2D eigenvalue weighted by Crippen LogP contribution is 2.24. The number of rotatable bonds is 7. The molecule has 1 aliphatic rings. The first-order valence-electron chi connectivity index (χ1n) is 9.13. The molecule has 0 radical (unpaired) electrons. The number of guanidine groups is 1. The smallest absolute Gasteiger partial charge is 0.191 e. The van der Waals surface area contributed by atoms with Crippen LogP contribution in [0.2, 0.25) is 0 Å². The predicted molar refractivity (Wildman–Crippen MR) is 106 cm³/mol. The Labute approximate surface area is 151 Å². The van der Waals surface area contributed by atoms with Gasteiger partial charge < -0.3 is 20.4 Å². The first kappa shape index (κ1) is 19.1. The lowest BCUT2D eigenvalue weighted by Crippen LogP contribution is -2.48. The topological polar surface area (TPSA) is 42.9 Å². The van der Waals surface area contributed by atoms with Gasteiger partial charge in [-0.3, -0.25) is 4.99 Å². The van der Waals surface area contributed by atoms with Crippen molar-refractivity contribution in [3.8, 4) is 0 Å². The van der Waals surface area contributed by atoms with Crippen LogP contribution in [0, 0.1) is 0 Å². The normalized spacial score (nSPS) is 16.9. The monoisotopic (exact) mass is 351 g/mol. The predicted octanol–water partition coefficient (Wildman–Crippen LogP) is 2.61. The van der Waals surface area contributed by atoms with E-state index in [2.05, 4.69) is 65.8 Å². The van der Waals surface area contributed by atoms with Crippen LogP contribution in [0.15, 0.2) is 22.5 Å². The fourth-order valence-corrected chi connectivity index (χ4v) is 3.57. The van der Waals surface area contributed by atoms with Crippen LogP contribution in [-0.2, 0) is 0 Å². The quantitative estimate of drug-likeness (QED) is 0.585. The van der Waals surface area contributed by atoms with Crippen molar-refractivity contribution in [3.05, 3.63) is 17.5 Å². The van der Waals surface area contributed by atoms with Crippen LogP contribution in [0.5, 0.6) is 0 Å². The highest BCUT2D eigenvalue weighted by molar-refractivity contribution is 7.14. The molecule has 0 aromatic carbocycles. The standard InChI is InChI=1S/C18H33N5S/c1-5-19-18(20-10-13-22(4)15(2)3)21-16-8-11-23(12-9-16)17-7-6-14-24-17/h6-7,14-16H,5,8-13H2,1-4H3,(H2,19,20,21). The molecular weight excluding hydrogens is 318 g/mol. The molecule has 1 aromatic rings. The van der Waals surface area contributed by atoms with Crippen molar-refractivity contribution in [1.82, 2.24) is 15.5 Å². The van der Waals surface area contributed by atoms with Gasteiger partial charge in [0.25, 0.3) is 0 Å². The van der Waals surface area contributed by atoms with Gasteiger partial charge in [0.15, 0.2) is 5.96 Å². The molecule has 1 aromatic heterocycles. The molecular formula is C18H33N5S. The maximum atomic E-state index is 4.74. The average Bonchev–Trinajstić information content (AvgIpc) is 3.10. The number of likely N-dealkylation sites (N-methyl/N-ethyl adjacent to an activating group) is 1. The number of anilines is 1. The van der Waals surface area contributed by atoms with Gasteiger partial charge in [0.05, 0.1) is 11.5 Å². The third-order valence-electron chi connectivity index (χ3n) is 4.60. The molecule has 24 heavy (non-hydrogen) atoms. The molecule has 2 N–H and O–H groups in total. The fraction of sp³-hybridized carbons (Fsp3) is 0.722. The molecule has 0 spiro atoms. The van der Waals surface area contributed by atoms with Gasteiger partial charge in [-0.1, -0.05) is 0 Å². The van der Waals surface area contributed by atoms with Crippen LogP contribution in [0.1, 0.15) is 33.6 Å². The van der Waals surface area contributed by atoms with Gasteiger partial charge in [-0.25, -0.2) is 0 Å². The third-order valence-corrected chi connectivity index (χ3v) is 5.53. The Morgan fingerprint density at radius 1 is 1.42 bits per heavy atom. The number of aliphatic imine (C=N–C) groups is 1. The van der Waals surface area contributed by atoms with E-state index in [0.717, 1.165) is 51.5 Å². The molecule has 0 aliphatic carbocycles. The van der Waals surface area contributed by atoms with E-state index in [1.165, 1.54) is 5.00 Å². The van der Waals surface area contributed by atoms with E-state index in [0.29, 0.717) is 12.1 Å². The second-order valence-electron chi connectivity index (χ2n) is 6.69. The molecule has 0 atom stereocenters. The first-order chi connectivity index (χ1) is 11.6. The van der Waals surface area contributed by atoms with Crippen molar-refractivity contribution >= 4 is 22.3 Å². The van der Waals surface area contributed by atoms with Crippen molar-refractivity contribution < 1.29 is 0 Å². The number of nitrogens with one attached hydrogen (secondary N) is 2. The van der Waals surface area contributed by atoms with Crippen molar-refractivity contribution in [3.63, 3.8) is 0 Å². The lowest BCUT2D eigenvalue weighted by molar-refractivity contribution is 0.282. The van der Waals surface area contributed by atoms with Crippen LogP contribution in [0.4, 0.5) is 5.00 Å². The summed E-state index contributed by atoms with van der Waals surface area (Å²) in [7, 11) is 2.15. The lowest BCUT2D eigenvalue weighted by atomic mass is 10.1. The molecule has 0 unspecified atom stereocenters.